The third kappa shape index (κ3) is 3.55. The second kappa shape index (κ2) is 7.84. The molecule has 1 aliphatic carbocycles. The van der Waals surface area contributed by atoms with Crippen molar-refractivity contribution in [2.45, 2.75) is 36.2 Å². The van der Waals surface area contributed by atoms with Crippen LogP contribution in [0.3, 0.4) is 0 Å². The van der Waals surface area contributed by atoms with Crippen LogP contribution in [0, 0.1) is 0 Å². The SMILES string of the molecule is CSc1ccc(CN(C)C(=O)CN2C(=O)N[C@@]3(CCCc4sccc43)C2=O)cc1. The van der Waals surface area contributed by atoms with E-state index in [-0.39, 0.29) is 18.4 Å². The minimum absolute atomic E-state index is 0.245. The Bertz CT molecular complexity index is 956. The summed E-state index contributed by atoms with van der Waals surface area (Å²) in [6.45, 7) is 0.183. The number of aryl methyl sites for hydroxylation is 1. The van der Waals surface area contributed by atoms with Crippen LogP contribution in [0.1, 0.15) is 28.8 Å². The molecule has 1 fully saturated rings. The van der Waals surface area contributed by atoms with Gasteiger partial charge >= 0.3 is 6.03 Å². The molecule has 1 N–H and O–H groups in total. The topological polar surface area (TPSA) is 69.7 Å². The number of urea groups is 1. The van der Waals surface area contributed by atoms with Gasteiger partial charge in [0.2, 0.25) is 5.91 Å². The van der Waals surface area contributed by atoms with Crippen LogP contribution >= 0.6 is 23.1 Å². The van der Waals surface area contributed by atoms with E-state index in [0.717, 1.165) is 38.6 Å². The zero-order chi connectivity index (χ0) is 20.6. The molecule has 29 heavy (non-hydrogen) atoms. The van der Waals surface area contributed by atoms with E-state index in [9.17, 15) is 14.4 Å². The molecule has 152 valence electrons. The first-order valence-corrected chi connectivity index (χ1v) is 11.6. The molecule has 1 aromatic heterocycles. The number of amides is 4. The maximum absolute atomic E-state index is 13.2. The number of rotatable bonds is 5. The summed E-state index contributed by atoms with van der Waals surface area (Å²) in [5.74, 6) is -0.575. The summed E-state index contributed by atoms with van der Waals surface area (Å²) in [6, 6.07) is 9.44. The fraction of sp³-hybridized carbons (Fsp3) is 0.381. The van der Waals surface area contributed by atoms with Gasteiger partial charge in [-0.25, -0.2) is 4.79 Å². The molecule has 4 amide bonds. The van der Waals surface area contributed by atoms with Crippen molar-refractivity contribution in [1.29, 1.82) is 0 Å². The molecule has 1 atom stereocenters. The number of likely N-dealkylation sites (N-methyl/N-ethyl adjacent to an activating group) is 1. The molecule has 1 aromatic carbocycles. The van der Waals surface area contributed by atoms with Crippen molar-refractivity contribution in [3.63, 3.8) is 0 Å². The first-order chi connectivity index (χ1) is 13.9. The molecule has 1 saturated heterocycles. The van der Waals surface area contributed by atoms with Crippen LogP contribution in [0.15, 0.2) is 40.6 Å². The summed E-state index contributed by atoms with van der Waals surface area (Å²) in [5.41, 5.74) is 0.892. The van der Waals surface area contributed by atoms with Crippen LogP contribution in [0.2, 0.25) is 0 Å². The first-order valence-electron chi connectivity index (χ1n) is 9.52. The fourth-order valence-electron chi connectivity index (χ4n) is 4.03. The lowest BCUT2D eigenvalue weighted by molar-refractivity contribution is -0.139. The Morgan fingerprint density at radius 3 is 2.76 bits per heavy atom. The standard InChI is InChI=1S/C21H23N3O3S2/c1-23(12-14-5-7-15(28-2)8-6-14)18(25)13-24-19(26)21(22-20(24)27)10-3-4-17-16(21)9-11-29-17/h5-9,11H,3-4,10,12-13H2,1-2H3,(H,22,27)/t21-/m1/s1. The molecule has 1 spiro atoms. The minimum atomic E-state index is -1.00. The van der Waals surface area contributed by atoms with Crippen LogP contribution in [0.25, 0.3) is 0 Å². The van der Waals surface area contributed by atoms with Crippen molar-refractivity contribution in [3.8, 4) is 0 Å². The number of hydrogen-bond acceptors (Lipinski definition) is 5. The first kappa shape index (κ1) is 20.0. The van der Waals surface area contributed by atoms with Crippen molar-refractivity contribution in [2.24, 2.45) is 0 Å². The second-order valence-electron chi connectivity index (χ2n) is 7.44. The number of carbonyl (C=O) groups is 3. The molecular weight excluding hydrogens is 406 g/mol. The Kier molecular flexibility index (Phi) is 5.40. The van der Waals surface area contributed by atoms with Crippen LogP contribution in [-0.2, 0) is 28.1 Å². The van der Waals surface area contributed by atoms with Gasteiger partial charge < -0.3 is 10.2 Å². The van der Waals surface area contributed by atoms with Crippen LogP contribution in [0.5, 0.6) is 0 Å². The quantitative estimate of drug-likeness (QED) is 0.585. The lowest BCUT2D eigenvalue weighted by Gasteiger charge is -2.31. The highest BCUT2D eigenvalue weighted by molar-refractivity contribution is 7.98. The molecular formula is C21H23N3O3S2. The lowest BCUT2D eigenvalue weighted by Crippen LogP contribution is -2.46. The van der Waals surface area contributed by atoms with E-state index in [1.54, 1.807) is 35.0 Å². The van der Waals surface area contributed by atoms with Gasteiger partial charge in [-0.1, -0.05) is 12.1 Å². The monoisotopic (exact) mass is 429 g/mol. The summed E-state index contributed by atoms with van der Waals surface area (Å²) in [6.07, 6.45) is 4.35. The minimum Gasteiger partial charge on any atom is -0.340 e. The van der Waals surface area contributed by atoms with E-state index in [1.165, 1.54) is 0 Å². The molecule has 0 unspecified atom stereocenters. The zero-order valence-electron chi connectivity index (χ0n) is 16.4. The van der Waals surface area contributed by atoms with E-state index in [0.29, 0.717) is 13.0 Å². The van der Waals surface area contributed by atoms with E-state index in [1.807, 2.05) is 42.0 Å². The number of benzene rings is 1. The fourth-order valence-corrected chi connectivity index (χ4v) is 5.44. The average molecular weight is 430 g/mol. The van der Waals surface area contributed by atoms with E-state index >= 15 is 0 Å². The Hall–Kier alpha value is -2.32. The maximum atomic E-state index is 13.2. The number of carbonyl (C=O) groups excluding carboxylic acids is 3. The van der Waals surface area contributed by atoms with Crippen molar-refractivity contribution in [1.82, 2.24) is 15.1 Å². The Morgan fingerprint density at radius 2 is 2.03 bits per heavy atom. The Labute approximate surface area is 178 Å². The van der Waals surface area contributed by atoms with Crippen molar-refractivity contribution in [2.75, 3.05) is 19.8 Å². The predicted octanol–water partition coefficient (Wildman–Crippen LogP) is 3.21. The summed E-state index contributed by atoms with van der Waals surface area (Å²) in [5, 5.41) is 4.85. The largest absolute Gasteiger partial charge is 0.340 e. The summed E-state index contributed by atoms with van der Waals surface area (Å²) in [4.78, 5) is 43.5. The van der Waals surface area contributed by atoms with Gasteiger partial charge in [-0.3, -0.25) is 14.5 Å². The molecule has 4 rings (SSSR count). The molecule has 0 saturated carbocycles. The number of fused-ring (bicyclic) bond motifs is 2. The number of thioether (sulfide) groups is 1. The third-order valence-corrected chi connectivity index (χ3v) is 7.36. The van der Waals surface area contributed by atoms with E-state index in [4.69, 9.17) is 0 Å². The highest BCUT2D eigenvalue weighted by Gasteiger charge is 2.54. The highest BCUT2D eigenvalue weighted by atomic mass is 32.2. The number of thiophene rings is 1. The smallest absolute Gasteiger partial charge is 0.325 e. The van der Waals surface area contributed by atoms with Crippen molar-refractivity contribution < 1.29 is 14.4 Å². The average Bonchev–Trinajstić information content (AvgIpc) is 3.29. The molecule has 1 aliphatic heterocycles. The lowest BCUT2D eigenvalue weighted by atomic mass is 9.80. The van der Waals surface area contributed by atoms with Crippen LogP contribution < -0.4 is 5.32 Å². The van der Waals surface area contributed by atoms with E-state index < -0.39 is 11.6 Å². The predicted molar refractivity (Wildman–Crippen MR) is 114 cm³/mol. The van der Waals surface area contributed by atoms with Crippen LogP contribution in [-0.4, -0.2) is 47.5 Å². The molecule has 8 heteroatoms. The summed E-state index contributed by atoms with van der Waals surface area (Å²) < 4.78 is 0. The van der Waals surface area contributed by atoms with Gasteiger partial charge in [0.25, 0.3) is 5.91 Å². The van der Waals surface area contributed by atoms with Gasteiger partial charge in [-0.2, -0.15) is 0 Å². The van der Waals surface area contributed by atoms with Gasteiger partial charge in [0, 0.05) is 28.9 Å². The Balaban J connectivity index is 1.46. The highest BCUT2D eigenvalue weighted by Crippen LogP contribution is 2.42. The summed E-state index contributed by atoms with van der Waals surface area (Å²) >= 11 is 3.28. The summed E-state index contributed by atoms with van der Waals surface area (Å²) in [7, 11) is 1.69. The van der Waals surface area contributed by atoms with Gasteiger partial charge in [0.05, 0.1) is 0 Å². The Morgan fingerprint density at radius 1 is 1.28 bits per heavy atom. The molecule has 0 bridgehead atoms. The van der Waals surface area contributed by atoms with Gasteiger partial charge in [0.15, 0.2) is 0 Å². The second-order valence-corrected chi connectivity index (χ2v) is 9.32. The number of hydrogen-bond donors (Lipinski definition) is 1. The third-order valence-electron chi connectivity index (χ3n) is 5.63. The van der Waals surface area contributed by atoms with Gasteiger partial charge in [-0.05, 0) is 54.7 Å². The molecule has 0 radical (unpaired) electrons. The molecule has 2 aliphatic rings. The zero-order valence-corrected chi connectivity index (χ0v) is 18.1. The van der Waals surface area contributed by atoms with E-state index in [2.05, 4.69) is 5.32 Å². The number of nitrogens with one attached hydrogen (secondary N) is 1. The number of nitrogens with zero attached hydrogens (tertiary/aromatic N) is 2. The van der Waals surface area contributed by atoms with Crippen molar-refractivity contribution >= 4 is 40.9 Å². The molecule has 2 heterocycles. The molecule has 6 nitrogen and oxygen atoms in total. The van der Waals surface area contributed by atoms with Crippen molar-refractivity contribution in [3.05, 3.63) is 51.7 Å². The van der Waals surface area contributed by atoms with Crippen LogP contribution in [0.4, 0.5) is 4.79 Å². The maximum Gasteiger partial charge on any atom is 0.325 e. The molecule has 2 aromatic rings. The van der Waals surface area contributed by atoms with Gasteiger partial charge in [0.1, 0.15) is 12.1 Å². The normalized spacial score (nSPS) is 20.7. The van der Waals surface area contributed by atoms with Gasteiger partial charge in [-0.15, -0.1) is 23.1 Å². The number of imide groups is 1.